The molecule has 116 valence electrons. The van der Waals surface area contributed by atoms with Gasteiger partial charge < -0.3 is 19.3 Å². The zero-order valence-electron chi connectivity index (χ0n) is 12.4. The smallest absolute Gasteiger partial charge is 0.258 e. The van der Waals surface area contributed by atoms with E-state index in [1.807, 2.05) is 12.1 Å². The number of methoxy groups -OCH3 is 1. The highest BCUT2D eigenvalue weighted by atomic mass is 16.5. The number of ether oxygens (including phenoxy) is 2. The van der Waals surface area contributed by atoms with E-state index in [1.54, 1.807) is 25.3 Å². The van der Waals surface area contributed by atoms with Crippen molar-refractivity contribution in [2.24, 2.45) is 0 Å². The molecule has 1 N–H and O–H groups in total. The molecule has 1 aromatic heterocycles. The van der Waals surface area contributed by atoms with Crippen LogP contribution in [-0.2, 0) is 11.3 Å². The molecular formula is C16H18N2O4. The van der Waals surface area contributed by atoms with Crippen LogP contribution in [0.2, 0.25) is 0 Å². The van der Waals surface area contributed by atoms with E-state index in [1.165, 1.54) is 0 Å². The van der Waals surface area contributed by atoms with E-state index in [2.05, 4.69) is 10.5 Å². The standard InChI is InChI=1S/C16H18N2O4/c1-20-13-3-2-4-14(8-13)21-10-16(19)17-9-12-7-15(22-18-12)11-5-6-11/h2-4,7-8,11H,5-6,9-10H2,1H3,(H,17,19). The fourth-order valence-electron chi connectivity index (χ4n) is 2.05. The van der Waals surface area contributed by atoms with E-state index in [0.29, 0.717) is 24.0 Å². The summed E-state index contributed by atoms with van der Waals surface area (Å²) < 4.78 is 15.7. The monoisotopic (exact) mass is 302 g/mol. The molecule has 1 saturated carbocycles. The molecule has 0 bridgehead atoms. The van der Waals surface area contributed by atoms with Gasteiger partial charge in [-0.2, -0.15) is 0 Å². The molecule has 3 rings (SSSR count). The van der Waals surface area contributed by atoms with Crippen molar-refractivity contribution in [3.05, 3.63) is 41.8 Å². The average Bonchev–Trinajstić information content (AvgIpc) is 3.30. The minimum absolute atomic E-state index is 0.0551. The Hall–Kier alpha value is -2.50. The molecule has 6 nitrogen and oxygen atoms in total. The Morgan fingerprint density at radius 2 is 2.18 bits per heavy atom. The van der Waals surface area contributed by atoms with Crippen molar-refractivity contribution >= 4 is 5.91 Å². The quantitative estimate of drug-likeness (QED) is 0.849. The first-order chi connectivity index (χ1) is 10.7. The summed E-state index contributed by atoms with van der Waals surface area (Å²) in [5.74, 6) is 2.50. The van der Waals surface area contributed by atoms with Crippen molar-refractivity contribution in [3.8, 4) is 11.5 Å². The first-order valence-corrected chi connectivity index (χ1v) is 7.23. The van der Waals surface area contributed by atoms with Gasteiger partial charge in [0.15, 0.2) is 6.61 Å². The Balaban J connectivity index is 1.43. The van der Waals surface area contributed by atoms with Crippen molar-refractivity contribution in [1.82, 2.24) is 10.5 Å². The third-order valence-corrected chi connectivity index (χ3v) is 3.43. The number of rotatable bonds is 7. The predicted molar refractivity (Wildman–Crippen MR) is 78.8 cm³/mol. The number of benzene rings is 1. The summed E-state index contributed by atoms with van der Waals surface area (Å²) in [6.45, 7) is 0.289. The lowest BCUT2D eigenvalue weighted by Crippen LogP contribution is -2.28. The molecule has 0 saturated heterocycles. The largest absolute Gasteiger partial charge is 0.497 e. The van der Waals surface area contributed by atoms with E-state index in [9.17, 15) is 4.79 Å². The summed E-state index contributed by atoms with van der Waals surface area (Å²) >= 11 is 0. The first-order valence-electron chi connectivity index (χ1n) is 7.23. The molecule has 0 atom stereocenters. The number of nitrogens with one attached hydrogen (secondary N) is 1. The van der Waals surface area contributed by atoms with E-state index >= 15 is 0 Å². The summed E-state index contributed by atoms with van der Waals surface area (Å²) in [6.07, 6.45) is 2.32. The van der Waals surface area contributed by atoms with Gasteiger partial charge in [0.25, 0.3) is 5.91 Å². The number of hydrogen-bond acceptors (Lipinski definition) is 5. The van der Waals surface area contributed by atoms with E-state index in [-0.39, 0.29) is 12.5 Å². The fourth-order valence-corrected chi connectivity index (χ4v) is 2.05. The maximum absolute atomic E-state index is 11.8. The summed E-state index contributed by atoms with van der Waals surface area (Å²) in [5, 5.41) is 6.70. The van der Waals surface area contributed by atoms with E-state index in [0.717, 1.165) is 24.3 Å². The second-order valence-electron chi connectivity index (χ2n) is 5.24. The number of carbonyl (C=O) groups excluding carboxylic acids is 1. The van der Waals surface area contributed by atoms with Crippen LogP contribution in [0.4, 0.5) is 0 Å². The van der Waals surface area contributed by atoms with Crippen molar-refractivity contribution in [2.45, 2.75) is 25.3 Å². The molecule has 1 aliphatic rings. The van der Waals surface area contributed by atoms with Crippen molar-refractivity contribution in [1.29, 1.82) is 0 Å². The van der Waals surface area contributed by atoms with Crippen LogP contribution < -0.4 is 14.8 Å². The summed E-state index contributed by atoms with van der Waals surface area (Å²) in [4.78, 5) is 11.8. The van der Waals surface area contributed by atoms with Gasteiger partial charge >= 0.3 is 0 Å². The lowest BCUT2D eigenvalue weighted by atomic mass is 10.3. The summed E-state index contributed by atoms with van der Waals surface area (Å²) in [6, 6.07) is 9.03. The molecule has 22 heavy (non-hydrogen) atoms. The maximum atomic E-state index is 11.8. The van der Waals surface area contributed by atoms with Crippen LogP contribution in [-0.4, -0.2) is 24.8 Å². The highest BCUT2D eigenvalue weighted by Gasteiger charge is 2.27. The van der Waals surface area contributed by atoms with Gasteiger partial charge in [-0.1, -0.05) is 11.2 Å². The van der Waals surface area contributed by atoms with Crippen molar-refractivity contribution in [2.75, 3.05) is 13.7 Å². The SMILES string of the molecule is COc1cccc(OCC(=O)NCc2cc(C3CC3)on2)c1. The number of carbonyl (C=O) groups is 1. The highest BCUT2D eigenvalue weighted by Crippen LogP contribution is 2.40. The third kappa shape index (κ3) is 3.78. The summed E-state index contributed by atoms with van der Waals surface area (Å²) in [5.41, 5.74) is 0.733. The lowest BCUT2D eigenvalue weighted by Gasteiger charge is -2.07. The first kappa shape index (κ1) is 14.4. The van der Waals surface area contributed by atoms with Crippen molar-refractivity contribution < 1.29 is 18.8 Å². The number of hydrogen-bond donors (Lipinski definition) is 1. The topological polar surface area (TPSA) is 73.6 Å². The Morgan fingerprint density at radius 3 is 2.95 bits per heavy atom. The van der Waals surface area contributed by atoms with Crippen LogP contribution in [0.15, 0.2) is 34.9 Å². The molecular weight excluding hydrogens is 284 g/mol. The highest BCUT2D eigenvalue weighted by molar-refractivity contribution is 5.77. The molecule has 0 spiro atoms. The predicted octanol–water partition coefficient (Wildman–Crippen LogP) is 2.26. The molecule has 1 amide bonds. The van der Waals surface area contributed by atoms with Crippen LogP contribution in [0.5, 0.6) is 11.5 Å². The fraction of sp³-hybridized carbons (Fsp3) is 0.375. The molecule has 1 heterocycles. The van der Waals surface area contributed by atoms with Crippen LogP contribution in [0.1, 0.15) is 30.2 Å². The molecule has 1 aliphatic carbocycles. The zero-order chi connectivity index (χ0) is 15.4. The molecule has 1 fully saturated rings. The Bertz CT molecular complexity index is 649. The maximum Gasteiger partial charge on any atom is 0.258 e. The Kier molecular flexibility index (Phi) is 4.27. The summed E-state index contributed by atoms with van der Waals surface area (Å²) in [7, 11) is 1.58. The van der Waals surface area contributed by atoms with Crippen LogP contribution in [0.3, 0.4) is 0 Å². The molecule has 0 radical (unpaired) electrons. The Morgan fingerprint density at radius 1 is 1.36 bits per heavy atom. The van der Waals surface area contributed by atoms with Gasteiger partial charge in [-0.05, 0) is 25.0 Å². The van der Waals surface area contributed by atoms with Crippen LogP contribution in [0.25, 0.3) is 0 Å². The zero-order valence-corrected chi connectivity index (χ0v) is 12.4. The van der Waals surface area contributed by atoms with Gasteiger partial charge in [0.05, 0.1) is 13.7 Å². The Labute approximate surface area is 128 Å². The van der Waals surface area contributed by atoms with Crippen LogP contribution >= 0.6 is 0 Å². The van der Waals surface area contributed by atoms with Gasteiger partial charge in [-0.25, -0.2) is 0 Å². The van der Waals surface area contributed by atoms with Gasteiger partial charge in [-0.15, -0.1) is 0 Å². The molecule has 6 heteroatoms. The number of amides is 1. The molecule has 0 unspecified atom stereocenters. The molecule has 2 aromatic rings. The second kappa shape index (κ2) is 6.51. The third-order valence-electron chi connectivity index (χ3n) is 3.43. The number of nitrogens with zero attached hydrogens (tertiary/aromatic N) is 1. The lowest BCUT2D eigenvalue weighted by molar-refractivity contribution is -0.123. The van der Waals surface area contributed by atoms with Gasteiger partial charge in [0, 0.05) is 18.1 Å². The second-order valence-corrected chi connectivity index (χ2v) is 5.24. The molecule has 1 aromatic carbocycles. The average molecular weight is 302 g/mol. The van der Waals surface area contributed by atoms with Crippen LogP contribution in [0, 0.1) is 0 Å². The minimum Gasteiger partial charge on any atom is -0.497 e. The van der Waals surface area contributed by atoms with Gasteiger partial charge in [0.2, 0.25) is 0 Å². The van der Waals surface area contributed by atoms with Crippen molar-refractivity contribution in [3.63, 3.8) is 0 Å². The van der Waals surface area contributed by atoms with Gasteiger partial charge in [0.1, 0.15) is 23.0 Å². The minimum atomic E-state index is -0.209. The van der Waals surface area contributed by atoms with E-state index < -0.39 is 0 Å². The normalized spacial score (nSPS) is 13.7. The van der Waals surface area contributed by atoms with Gasteiger partial charge in [-0.3, -0.25) is 4.79 Å². The van der Waals surface area contributed by atoms with E-state index in [4.69, 9.17) is 14.0 Å². The number of aromatic nitrogens is 1. The molecule has 0 aliphatic heterocycles.